The highest BCUT2D eigenvalue weighted by atomic mass is 16.5. The molecule has 1 saturated heterocycles. The van der Waals surface area contributed by atoms with Crippen LogP contribution in [0.1, 0.15) is 18.3 Å². The van der Waals surface area contributed by atoms with Crippen molar-refractivity contribution in [1.29, 1.82) is 0 Å². The van der Waals surface area contributed by atoms with Crippen LogP contribution in [0.3, 0.4) is 0 Å². The van der Waals surface area contributed by atoms with Crippen LogP contribution in [0.15, 0.2) is 28.7 Å². The molecule has 2 aromatic rings. The molecule has 1 fully saturated rings. The predicted molar refractivity (Wildman–Crippen MR) is 68.9 cm³/mol. The van der Waals surface area contributed by atoms with Gasteiger partial charge in [0.1, 0.15) is 23.2 Å². The minimum absolute atomic E-state index is 0.0541. The Kier molecular flexibility index (Phi) is 3.21. The van der Waals surface area contributed by atoms with Gasteiger partial charge in [-0.3, -0.25) is 0 Å². The van der Waals surface area contributed by atoms with Gasteiger partial charge in [0, 0.05) is 11.9 Å². The minimum atomic E-state index is 0.0541. The molecule has 96 valence electrons. The third kappa shape index (κ3) is 2.21. The average Bonchev–Trinajstić information content (AvgIpc) is 2.63. The second-order valence-corrected chi connectivity index (χ2v) is 4.45. The summed E-state index contributed by atoms with van der Waals surface area (Å²) < 4.78 is 16.9. The summed E-state index contributed by atoms with van der Waals surface area (Å²) in [6.45, 7) is 2.60. The molecule has 1 aliphatic heterocycles. The Bertz CT molecular complexity index is 527. The van der Waals surface area contributed by atoms with E-state index in [0.717, 1.165) is 48.6 Å². The molecule has 2 heterocycles. The molecule has 4 nitrogen and oxygen atoms in total. The van der Waals surface area contributed by atoms with E-state index in [0.29, 0.717) is 0 Å². The number of nitrogens with one attached hydrogen (secondary N) is 1. The fraction of sp³-hybridized carbons (Fsp3) is 0.429. The first-order valence-corrected chi connectivity index (χ1v) is 6.26. The Labute approximate surface area is 106 Å². The van der Waals surface area contributed by atoms with Crippen molar-refractivity contribution in [2.45, 2.75) is 12.5 Å². The molecule has 0 aliphatic carbocycles. The molecule has 0 radical (unpaired) electrons. The maximum atomic E-state index is 5.85. The van der Waals surface area contributed by atoms with Gasteiger partial charge < -0.3 is 19.2 Å². The SMILES string of the molecule is COc1ccc2oc(C3CCNCCO3)cc2c1. The van der Waals surface area contributed by atoms with Crippen molar-refractivity contribution in [2.24, 2.45) is 0 Å². The van der Waals surface area contributed by atoms with E-state index in [9.17, 15) is 0 Å². The fourth-order valence-corrected chi connectivity index (χ4v) is 2.27. The lowest BCUT2D eigenvalue weighted by molar-refractivity contribution is 0.0497. The third-order valence-electron chi connectivity index (χ3n) is 3.24. The van der Waals surface area contributed by atoms with Gasteiger partial charge in [-0.25, -0.2) is 0 Å². The molecular formula is C14H17NO3. The van der Waals surface area contributed by atoms with E-state index in [-0.39, 0.29) is 6.10 Å². The molecule has 0 spiro atoms. The van der Waals surface area contributed by atoms with Crippen LogP contribution in [-0.2, 0) is 4.74 Å². The topological polar surface area (TPSA) is 43.6 Å². The highest BCUT2D eigenvalue weighted by Gasteiger charge is 2.18. The van der Waals surface area contributed by atoms with Crippen molar-refractivity contribution < 1.29 is 13.9 Å². The highest BCUT2D eigenvalue weighted by Crippen LogP contribution is 2.30. The molecule has 1 aromatic heterocycles. The summed E-state index contributed by atoms with van der Waals surface area (Å²) in [5.41, 5.74) is 0.881. The first kappa shape index (κ1) is 11.6. The van der Waals surface area contributed by atoms with Crippen molar-refractivity contribution in [3.8, 4) is 5.75 Å². The summed E-state index contributed by atoms with van der Waals surface area (Å²) in [7, 11) is 1.67. The van der Waals surface area contributed by atoms with Crippen LogP contribution in [-0.4, -0.2) is 26.8 Å². The van der Waals surface area contributed by atoms with Gasteiger partial charge in [-0.15, -0.1) is 0 Å². The van der Waals surface area contributed by atoms with Crippen LogP contribution in [0.5, 0.6) is 5.75 Å². The summed E-state index contributed by atoms with van der Waals surface area (Å²) in [6.07, 6.45) is 0.995. The van der Waals surface area contributed by atoms with Gasteiger partial charge in [0.2, 0.25) is 0 Å². The monoisotopic (exact) mass is 247 g/mol. The number of hydrogen-bond donors (Lipinski definition) is 1. The lowest BCUT2D eigenvalue weighted by Crippen LogP contribution is -2.16. The Hall–Kier alpha value is -1.52. The normalized spacial score (nSPS) is 20.8. The number of fused-ring (bicyclic) bond motifs is 1. The molecule has 1 aromatic carbocycles. The number of benzene rings is 1. The Balaban J connectivity index is 1.91. The molecule has 4 heteroatoms. The summed E-state index contributed by atoms with van der Waals surface area (Å²) in [5, 5.41) is 4.37. The Morgan fingerprint density at radius 2 is 2.22 bits per heavy atom. The van der Waals surface area contributed by atoms with Gasteiger partial charge in [-0.05, 0) is 37.2 Å². The highest BCUT2D eigenvalue weighted by molar-refractivity contribution is 5.79. The lowest BCUT2D eigenvalue weighted by atomic mass is 10.2. The van der Waals surface area contributed by atoms with Crippen LogP contribution in [0.4, 0.5) is 0 Å². The lowest BCUT2D eigenvalue weighted by Gasteiger charge is -2.10. The quantitative estimate of drug-likeness (QED) is 0.885. The number of methoxy groups -OCH3 is 1. The van der Waals surface area contributed by atoms with Gasteiger partial charge >= 0.3 is 0 Å². The summed E-state index contributed by atoms with van der Waals surface area (Å²) in [4.78, 5) is 0. The zero-order chi connectivity index (χ0) is 12.4. The van der Waals surface area contributed by atoms with Crippen LogP contribution in [0.25, 0.3) is 11.0 Å². The average molecular weight is 247 g/mol. The van der Waals surface area contributed by atoms with Crippen LogP contribution in [0.2, 0.25) is 0 Å². The summed E-state index contributed by atoms with van der Waals surface area (Å²) in [6, 6.07) is 7.88. The summed E-state index contributed by atoms with van der Waals surface area (Å²) >= 11 is 0. The summed E-state index contributed by atoms with van der Waals surface area (Å²) in [5.74, 6) is 1.75. The number of hydrogen-bond acceptors (Lipinski definition) is 4. The van der Waals surface area contributed by atoms with Crippen LogP contribution < -0.4 is 10.1 Å². The van der Waals surface area contributed by atoms with Gasteiger partial charge in [0.05, 0.1) is 13.7 Å². The Morgan fingerprint density at radius 1 is 1.28 bits per heavy atom. The first-order valence-electron chi connectivity index (χ1n) is 6.26. The standard InChI is InChI=1S/C14H17NO3/c1-16-11-2-3-12-10(8-11)9-14(18-12)13-4-5-15-6-7-17-13/h2-3,8-9,13,15H,4-7H2,1H3. The van der Waals surface area contributed by atoms with Crippen molar-refractivity contribution in [1.82, 2.24) is 5.32 Å². The van der Waals surface area contributed by atoms with E-state index in [2.05, 4.69) is 5.32 Å². The van der Waals surface area contributed by atoms with Gasteiger partial charge in [0.25, 0.3) is 0 Å². The number of rotatable bonds is 2. The fourth-order valence-electron chi connectivity index (χ4n) is 2.27. The molecule has 1 atom stereocenters. The van der Waals surface area contributed by atoms with E-state index in [1.165, 1.54) is 0 Å². The van der Waals surface area contributed by atoms with Gasteiger partial charge in [0.15, 0.2) is 0 Å². The largest absolute Gasteiger partial charge is 0.497 e. The molecule has 1 unspecified atom stereocenters. The van der Waals surface area contributed by atoms with E-state index in [4.69, 9.17) is 13.9 Å². The maximum absolute atomic E-state index is 5.85. The first-order chi connectivity index (χ1) is 8.86. The molecule has 3 rings (SSSR count). The van der Waals surface area contributed by atoms with E-state index >= 15 is 0 Å². The number of furan rings is 1. The van der Waals surface area contributed by atoms with Crippen molar-refractivity contribution >= 4 is 11.0 Å². The molecule has 0 amide bonds. The molecule has 0 saturated carbocycles. The van der Waals surface area contributed by atoms with Crippen molar-refractivity contribution in [3.05, 3.63) is 30.0 Å². The zero-order valence-electron chi connectivity index (χ0n) is 10.4. The second kappa shape index (κ2) is 5.00. The molecule has 0 bridgehead atoms. The molecule has 1 N–H and O–H groups in total. The third-order valence-corrected chi connectivity index (χ3v) is 3.24. The molecule has 18 heavy (non-hydrogen) atoms. The van der Waals surface area contributed by atoms with Crippen molar-refractivity contribution in [2.75, 3.05) is 26.8 Å². The smallest absolute Gasteiger partial charge is 0.134 e. The van der Waals surface area contributed by atoms with Crippen molar-refractivity contribution in [3.63, 3.8) is 0 Å². The predicted octanol–water partition coefficient (Wildman–Crippen LogP) is 2.49. The number of ether oxygens (including phenoxy) is 2. The van der Waals surface area contributed by atoms with E-state index < -0.39 is 0 Å². The zero-order valence-corrected chi connectivity index (χ0v) is 10.4. The molecular weight excluding hydrogens is 230 g/mol. The second-order valence-electron chi connectivity index (χ2n) is 4.45. The van der Waals surface area contributed by atoms with E-state index in [1.807, 2.05) is 24.3 Å². The van der Waals surface area contributed by atoms with Gasteiger partial charge in [-0.2, -0.15) is 0 Å². The maximum Gasteiger partial charge on any atom is 0.134 e. The molecule has 1 aliphatic rings. The van der Waals surface area contributed by atoms with Crippen LogP contribution >= 0.6 is 0 Å². The Morgan fingerprint density at radius 3 is 3.11 bits per heavy atom. The minimum Gasteiger partial charge on any atom is -0.497 e. The van der Waals surface area contributed by atoms with Gasteiger partial charge in [-0.1, -0.05) is 0 Å². The van der Waals surface area contributed by atoms with Crippen LogP contribution in [0, 0.1) is 0 Å². The van der Waals surface area contributed by atoms with E-state index in [1.54, 1.807) is 7.11 Å².